The maximum atomic E-state index is 6.67. The summed E-state index contributed by atoms with van der Waals surface area (Å²) in [5, 5.41) is 2.04. The molecule has 0 aliphatic heterocycles. The molecular weight excluding hydrogens is 793 g/mol. The minimum Gasteiger partial charge on any atom is -0.455 e. The van der Waals surface area contributed by atoms with Gasteiger partial charge in [0.15, 0.2) is 5.58 Å². The van der Waals surface area contributed by atoms with Crippen molar-refractivity contribution in [1.82, 2.24) is 4.98 Å². The van der Waals surface area contributed by atoms with Crippen LogP contribution in [0.4, 0.5) is 17.1 Å². The third-order valence-corrected chi connectivity index (χ3v) is 12.4. The average molecular weight is 833 g/mol. The molecule has 2 heterocycles. The average Bonchev–Trinajstić information content (AvgIpc) is 3.98. The fourth-order valence-corrected chi connectivity index (χ4v) is 8.97. The zero-order valence-corrected chi connectivity index (χ0v) is 35.3. The summed E-state index contributed by atoms with van der Waals surface area (Å²) in [6.45, 7) is 0. The Morgan fingerprint density at radius 2 is 0.692 bits per heavy atom. The Labute approximate surface area is 377 Å². The van der Waals surface area contributed by atoms with Crippen LogP contribution in [0.5, 0.6) is 0 Å². The first-order valence-corrected chi connectivity index (χ1v) is 21.9. The maximum absolute atomic E-state index is 6.67. The smallest absolute Gasteiger partial charge is 0.227 e. The molecule has 0 spiro atoms. The molecule has 4 nitrogen and oxygen atoms in total. The van der Waals surface area contributed by atoms with Crippen LogP contribution < -0.4 is 4.90 Å². The molecule has 10 aromatic carbocycles. The van der Waals surface area contributed by atoms with Crippen LogP contribution in [0.25, 0.3) is 100 Å². The van der Waals surface area contributed by atoms with Crippen LogP contribution >= 0.6 is 0 Å². The second kappa shape index (κ2) is 16.2. The van der Waals surface area contributed by atoms with Gasteiger partial charge in [-0.25, -0.2) is 4.98 Å². The molecule has 0 N–H and O–H groups in total. The molecule has 0 radical (unpaired) electrons. The van der Waals surface area contributed by atoms with E-state index in [1.807, 2.05) is 12.1 Å². The summed E-state index contributed by atoms with van der Waals surface area (Å²) >= 11 is 0. The van der Waals surface area contributed by atoms with E-state index in [9.17, 15) is 0 Å². The molecule has 306 valence electrons. The van der Waals surface area contributed by atoms with Crippen LogP contribution in [-0.4, -0.2) is 4.98 Å². The highest BCUT2D eigenvalue weighted by molar-refractivity contribution is 6.12. The molecule has 0 bridgehead atoms. The first kappa shape index (κ1) is 38.0. The van der Waals surface area contributed by atoms with Gasteiger partial charge >= 0.3 is 0 Å². The van der Waals surface area contributed by atoms with Crippen molar-refractivity contribution in [3.8, 4) is 67.1 Å². The van der Waals surface area contributed by atoms with E-state index in [0.29, 0.717) is 11.5 Å². The number of furan rings is 1. The van der Waals surface area contributed by atoms with E-state index in [4.69, 9.17) is 13.8 Å². The van der Waals surface area contributed by atoms with Gasteiger partial charge in [0, 0.05) is 45.0 Å². The number of benzene rings is 10. The first-order chi connectivity index (χ1) is 32.2. The van der Waals surface area contributed by atoms with Gasteiger partial charge in [0.05, 0.1) is 0 Å². The third-order valence-electron chi connectivity index (χ3n) is 12.4. The van der Waals surface area contributed by atoms with E-state index in [-0.39, 0.29) is 0 Å². The number of hydrogen-bond donors (Lipinski definition) is 0. The van der Waals surface area contributed by atoms with Crippen molar-refractivity contribution in [3.05, 3.63) is 243 Å². The number of nitrogens with zero attached hydrogens (tertiary/aromatic N) is 2. The molecule has 65 heavy (non-hydrogen) atoms. The standard InChI is InChI=1S/C61H40N2O2/c1-4-11-41(12-5-1)44-19-21-46(22-20-44)48-29-35-52(36-30-48)63(51-33-27-47(28-34-51)43-15-8-3-9-16-43)53-37-31-49(32-38-53)54-17-10-18-55-56-39-57-59(40-58(56)64-60(54)55)65-61(62-57)50-25-23-45(24-26-50)42-13-6-2-7-14-42/h1-40H. The molecule has 12 rings (SSSR count). The largest absolute Gasteiger partial charge is 0.455 e. The molecule has 0 fully saturated rings. The zero-order chi connectivity index (χ0) is 43.1. The summed E-state index contributed by atoms with van der Waals surface area (Å²) in [5.74, 6) is 0.586. The van der Waals surface area contributed by atoms with Crippen LogP contribution in [0, 0.1) is 0 Å². The molecule has 0 unspecified atom stereocenters. The van der Waals surface area contributed by atoms with Gasteiger partial charge in [-0.05, 0) is 105 Å². The normalized spacial score (nSPS) is 11.4. The first-order valence-electron chi connectivity index (χ1n) is 21.9. The molecular formula is C61H40N2O2. The monoisotopic (exact) mass is 832 g/mol. The van der Waals surface area contributed by atoms with Gasteiger partial charge in [0.25, 0.3) is 0 Å². The van der Waals surface area contributed by atoms with E-state index in [2.05, 4.69) is 235 Å². The number of aromatic nitrogens is 1. The minimum absolute atomic E-state index is 0.586. The summed E-state index contributed by atoms with van der Waals surface area (Å²) < 4.78 is 13.0. The number of hydrogen-bond acceptors (Lipinski definition) is 4. The number of anilines is 3. The topological polar surface area (TPSA) is 42.4 Å². The number of oxazole rings is 1. The Morgan fingerprint density at radius 3 is 1.15 bits per heavy atom. The van der Waals surface area contributed by atoms with Gasteiger partial charge in [0.2, 0.25) is 5.89 Å². The van der Waals surface area contributed by atoms with E-state index >= 15 is 0 Å². The Bertz CT molecular complexity index is 3580. The molecule has 2 aromatic heterocycles. The second-order valence-electron chi connectivity index (χ2n) is 16.3. The highest BCUT2D eigenvalue weighted by Crippen LogP contribution is 2.41. The predicted molar refractivity (Wildman–Crippen MR) is 269 cm³/mol. The summed E-state index contributed by atoms with van der Waals surface area (Å²) in [4.78, 5) is 7.24. The Kier molecular flexibility index (Phi) is 9.46. The minimum atomic E-state index is 0.586. The van der Waals surface area contributed by atoms with Crippen LogP contribution in [-0.2, 0) is 0 Å². The van der Waals surface area contributed by atoms with Crippen LogP contribution in [0.15, 0.2) is 251 Å². The SMILES string of the molecule is c1ccc(-c2ccc(-c3ccc(N(c4ccc(-c5ccccc5)cc4)c4ccc(-c5cccc6c5oc5cc7oc(-c8ccc(-c9ccccc9)cc8)nc7cc56)cc4)cc3)cc2)cc1. The van der Waals surface area contributed by atoms with Crippen molar-refractivity contribution >= 4 is 50.1 Å². The number of rotatable bonds is 9. The van der Waals surface area contributed by atoms with Crippen molar-refractivity contribution in [2.45, 2.75) is 0 Å². The summed E-state index contributed by atoms with van der Waals surface area (Å²) in [6.07, 6.45) is 0. The zero-order valence-electron chi connectivity index (χ0n) is 35.3. The molecule has 0 amide bonds. The van der Waals surface area contributed by atoms with Crippen molar-refractivity contribution in [1.29, 1.82) is 0 Å². The highest BCUT2D eigenvalue weighted by atomic mass is 16.4. The molecule has 0 saturated carbocycles. The molecule has 0 aliphatic rings. The van der Waals surface area contributed by atoms with Crippen molar-refractivity contribution in [2.75, 3.05) is 4.90 Å². The summed E-state index contributed by atoms with van der Waals surface area (Å²) in [7, 11) is 0. The van der Waals surface area contributed by atoms with E-state index in [1.165, 1.54) is 38.9 Å². The fraction of sp³-hybridized carbons (Fsp3) is 0. The highest BCUT2D eigenvalue weighted by Gasteiger charge is 2.18. The van der Waals surface area contributed by atoms with Gasteiger partial charge in [-0.15, -0.1) is 0 Å². The maximum Gasteiger partial charge on any atom is 0.227 e. The van der Waals surface area contributed by atoms with Gasteiger partial charge in [-0.3, -0.25) is 0 Å². The number of para-hydroxylation sites is 1. The van der Waals surface area contributed by atoms with Crippen molar-refractivity contribution in [2.24, 2.45) is 0 Å². The Balaban J connectivity index is 0.861. The fourth-order valence-electron chi connectivity index (χ4n) is 8.97. The van der Waals surface area contributed by atoms with Gasteiger partial charge < -0.3 is 13.7 Å². The molecule has 12 aromatic rings. The predicted octanol–water partition coefficient (Wildman–Crippen LogP) is 17.2. The molecule has 0 atom stereocenters. The van der Waals surface area contributed by atoms with Crippen LogP contribution in [0.1, 0.15) is 0 Å². The summed E-state index contributed by atoms with van der Waals surface area (Å²) in [6, 6.07) is 85.4. The lowest BCUT2D eigenvalue weighted by Gasteiger charge is -2.26. The Hall–Kier alpha value is -8.73. The van der Waals surface area contributed by atoms with Crippen LogP contribution in [0.2, 0.25) is 0 Å². The number of fused-ring (bicyclic) bond motifs is 4. The quantitative estimate of drug-likeness (QED) is 0.145. The van der Waals surface area contributed by atoms with Gasteiger partial charge in [0.1, 0.15) is 16.7 Å². The molecule has 0 aliphatic carbocycles. The van der Waals surface area contributed by atoms with Crippen molar-refractivity contribution in [3.63, 3.8) is 0 Å². The lowest BCUT2D eigenvalue weighted by Crippen LogP contribution is -2.09. The lowest BCUT2D eigenvalue weighted by atomic mass is 9.99. The van der Waals surface area contributed by atoms with Gasteiger partial charge in [-0.2, -0.15) is 0 Å². The molecule has 0 saturated heterocycles. The third kappa shape index (κ3) is 7.23. The van der Waals surface area contributed by atoms with Crippen molar-refractivity contribution < 1.29 is 8.83 Å². The second-order valence-corrected chi connectivity index (χ2v) is 16.3. The van der Waals surface area contributed by atoms with E-state index < -0.39 is 0 Å². The Morgan fingerprint density at radius 1 is 0.292 bits per heavy atom. The van der Waals surface area contributed by atoms with Crippen LogP contribution in [0.3, 0.4) is 0 Å². The lowest BCUT2D eigenvalue weighted by molar-refractivity contribution is 0.617. The van der Waals surface area contributed by atoms with Gasteiger partial charge in [-0.1, -0.05) is 182 Å². The molecule has 4 heteroatoms. The van der Waals surface area contributed by atoms with E-state index in [0.717, 1.165) is 66.8 Å². The van der Waals surface area contributed by atoms with E-state index in [1.54, 1.807) is 0 Å². The summed E-state index contributed by atoms with van der Waals surface area (Å²) in [5.41, 5.74) is 18.8.